The van der Waals surface area contributed by atoms with Gasteiger partial charge >= 0.3 is 0 Å². The van der Waals surface area contributed by atoms with E-state index < -0.39 is 10.0 Å². The number of aryl methyl sites for hydroxylation is 1. The van der Waals surface area contributed by atoms with Crippen molar-refractivity contribution in [2.24, 2.45) is 0 Å². The molecule has 0 atom stereocenters. The van der Waals surface area contributed by atoms with Gasteiger partial charge in [0.1, 0.15) is 11.8 Å². The predicted molar refractivity (Wildman–Crippen MR) is 76.7 cm³/mol. The van der Waals surface area contributed by atoms with Crippen LogP contribution < -0.4 is 0 Å². The monoisotopic (exact) mass is 305 g/mol. The highest BCUT2D eigenvalue weighted by Crippen LogP contribution is 2.24. The maximum absolute atomic E-state index is 12.0. The minimum absolute atomic E-state index is 0.199. The summed E-state index contributed by atoms with van der Waals surface area (Å²) >= 11 is 0. The van der Waals surface area contributed by atoms with E-state index in [1.165, 1.54) is 26.2 Å². The molecule has 0 aliphatic carbocycles. The van der Waals surface area contributed by atoms with Crippen LogP contribution in [-0.4, -0.2) is 41.8 Å². The standard InChI is InChI=1S/C13H15N5O2S/c1-4-18-13(12(9-14)15-16-18)10-5-7-11(8-6-10)21(19,20)17(2)3/h5-8H,4H2,1-3H3. The third-order valence-electron chi connectivity index (χ3n) is 3.05. The topological polar surface area (TPSA) is 91.9 Å². The fraction of sp³-hybridized carbons (Fsp3) is 0.308. The molecule has 0 saturated carbocycles. The van der Waals surface area contributed by atoms with Crippen LogP contribution in [0.1, 0.15) is 12.6 Å². The quantitative estimate of drug-likeness (QED) is 0.843. The first-order valence-electron chi connectivity index (χ1n) is 6.28. The highest BCUT2D eigenvalue weighted by Gasteiger charge is 2.18. The zero-order chi connectivity index (χ0) is 15.6. The number of hydrogen-bond acceptors (Lipinski definition) is 5. The number of nitrogens with zero attached hydrogens (tertiary/aromatic N) is 5. The highest BCUT2D eigenvalue weighted by atomic mass is 32.2. The molecule has 0 bridgehead atoms. The first-order chi connectivity index (χ1) is 9.91. The Morgan fingerprint density at radius 1 is 1.29 bits per heavy atom. The molecule has 7 nitrogen and oxygen atoms in total. The molecule has 1 aromatic heterocycles. The van der Waals surface area contributed by atoms with E-state index in [-0.39, 0.29) is 10.6 Å². The van der Waals surface area contributed by atoms with Gasteiger partial charge in [-0.3, -0.25) is 0 Å². The van der Waals surface area contributed by atoms with Crippen molar-refractivity contribution in [1.29, 1.82) is 5.26 Å². The Hall–Kier alpha value is -2.24. The normalized spacial score (nSPS) is 11.6. The second-order valence-corrected chi connectivity index (χ2v) is 6.68. The Morgan fingerprint density at radius 3 is 2.38 bits per heavy atom. The van der Waals surface area contributed by atoms with Gasteiger partial charge in [0.05, 0.1) is 4.90 Å². The van der Waals surface area contributed by atoms with Gasteiger partial charge in [-0.05, 0) is 19.1 Å². The number of nitriles is 1. The van der Waals surface area contributed by atoms with Crippen molar-refractivity contribution in [3.63, 3.8) is 0 Å². The predicted octanol–water partition coefficient (Wildman–Crippen LogP) is 1.09. The molecule has 0 aliphatic rings. The molecule has 21 heavy (non-hydrogen) atoms. The van der Waals surface area contributed by atoms with Gasteiger partial charge in [-0.25, -0.2) is 17.4 Å². The van der Waals surface area contributed by atoms with E-state index >= 15 is 0 Å². The van der Waals surface area contributed by atoms with E-state index in [2.05, 4.69) is 10.3 Å². The molecule has 1 aromatic carbocycles. The van der Waals surface area contributed by atoms with Crippen LogP contribution in [0.3, 0.4) is 0 Å². The Morgan fingerprint density at radius 2 is 1.90 bits per heavy atom. The lowest BCUT2D eigenvalue weighted by Crippen LogP contribution is -2.22. The summed E-state index contributed by atoms with van der Waals surface area (Å²) in [5.41, 5.74) is 1.52. The van der Waals surface area contributed by atoms with E-state index in [1.54, 1.807) is 16.8 Å². The number of aromatic nitrogens is 3. The van der Waals surface area contributed by atoms with Crippen molar-refractivity contribution >= 4 is 10.0 Å². The van der Waals surface area contributed by atoms with Crippen molar-refractivity contribution in [1.82, 2.24) is 19.3 Å². The van der Waals surface area contributed by atoms with Crippen molar-refractivity contribution in [2.45, 2.75) is 18.4 Å². The maximum Gasteiger partial charge on any atom is 0.242 e. The molecule has 0 saturated heterocycles. The molecular weight excluding hydrogens is 290 g/mol. The molecule has 0 radical (unpaired) electrons. The third-order valence-corrected chi connectivity index (χ3v) is 4.88. The largest absolute Gasteiger partial charge is 0.244 e. The van der Waals surface area contributed by atoms with E-state index in [1.807, 2.05) is 13.0 Å². The Labute approximate surface area is 123 Å². The van der Waals surface area contributed by atoms with Crippen LogP contribution >= 0.6 is 0 Å². The van der Waals surface area contributed by atoms with Crippen molar-refractivity contribution < 1.29 is 8.42 Å². The van der Waals surface area contributed by atoms with Gasteiger partial charge in [-0.1, -0.05) is 17.3 Å². The molecule has 0 N–H and O–H groups in total. The first-order valence-corrected chi connectivity index (χ1v) is 7.72. The molecule has 0 aliphatic heterocycles. The van der Waals surface area contributed by atoms with Gasteiger partial charge in [-0.15, -0.1) is 5.10 Å². The summed E-state index contributed by atoms with van der Waals surface area (Å²) in [5.74, 6) is 0. The summed E-state index contributed by atoms with van der Waals surface area (Å²) in [5, 5.41) is 16.8. The fourth-order valence-electron chi connectivity index (χ4n) is 1.89. The maximum atomic E-state index is 12.0. The smallest absolute Gasteiger partial charge is 0.242 e. The molecule has 2 aromatic rings. The number of sulfonamides is 1. The van der Waals surface area contributed by atoms with Crippen LogP contribution in [0.25, 0.3) is 11.3 Å². The van der Waals surface area contributed by atoms with Gasteiger partial charge in [0.15, 0.2) is 5.69 Å². The SMILES string of the molecule is CCn1nnc(C#N)c1-c1ccc(S(=O)(=O)N(C)C)cc1. The minimum Gasteiger partial charge on any atom is -0.244 e. The Bertz CT molecular complexity index is 785. The summed E-state index contributed by atoms with van der Waals surface area (Å²) in [6, 6.07) is 8.33. The molecule has 0 fully saturated rings. The molecule has 8 heteroatoms. The van der Waals surface area contributed by atoms with E-state index in [0.29, 0.717) is 17.8 Å². The van der Waals surface area contributed by atoms with Crippen LogP contribution in [0, 0.1) is 11.3 Å². The Kier molecular flexibility index (Phi) is 4.06. The summed E-state index contributed by atoms with van der Waals surface area (Å²) in [6.07, 6.45) is 0. The second kappa shape index (κ2) is 5.63. The first kappa shape index (κ1) is 15.2. The fourth-order valence-corrected chi connectivity index (χ4v) is 2.79. The second-order valence-electron chi connectivity index (χ2n) is 4.53. The molecule has 0 spiro atoms. The highest BCUT2D eigenvalue weighted by molar-refractivity contribution is 7.89. The van der Waals surface area contributed by atoms with Crippen molar-refractivity contribution in [3.05, 3.63) is 30.0 Å². The van der Waals surface area contributed by atoms with Crippen LogP contribution in [0.2, 0.25) is 0 Å². The molecule has 0 unspecified atom stereocenters. The number of hydrogen-bond donors (Lipinski definition) is 0. The Balaban J connectivity index is 2.51. The molecular formula is C13H15N5O2S. The lowest BCUT2D eigenvalue weighted by molar-refractivity contribution is 0.521. The lowest BCUT2D eigenvalue weighted by atomic mass is 10.1. The van der Waals surface area contributed by atoms with Gasteiger partial charge < -0.3 is 0 Å². The van der Waals surface area contributed by atoms with Crippen LogP contribution in [-0.2, 0) is 16.6 Å². The average molecular weight is 305 g/mol. The van der Waals surface area contributed by atoms with E-state index in [4.69, 9.17) is 5.26 Å². The zero-order valence-electron chi connectivity index (χ0n) is 12.0. The van der Waals surface area contributed by atoms with E-state index in [9.17, 15) is 8.42 Å². The third kappa shape index (κ3) is 2.66. The van der Waals surface area contributed by atoms with Crippen LogP contribution in [0.15, 0.2) is 29.2 Å². The summed E-state index contributed by atoms with van der Waals surface area (Å²) in [6.45, 7) is 2.46. The van der Waals surface area contributed by atoms with Crippen LogP contribution in [0.4, 0.5) is 0 Å². The molecule has 2 rings (SSSR count). The van der Waals surface area contributed by atoms with Gasteiger partial charge in [0.25, 0.3) is 0 Å². The van der Waals surface area contributed by atoms with E-state index in [0.717, 1.165) is 4.31 Å². The lowest BCUT2D eigenvalue weighted by Gasteiger charge is -2.11. The summed E-state index contributed by atoms with van der Waals surface area (Å²) in [7, 11) is -0.505. The van der Waals surface area contributed by atoms with Crippen molar-refractivity contribution in [2.75, 3.05) is 14.1 Å². The number of rotatable bonds is 4. The number of benzene rings is 1. The van der Waals surface area contributed by atoms with Crippen molar-refractivity contribution in [3.8, 4) is 17.3 Å². The summed E-state index contributed by atoms with van der Waals surface area (Å²) < 4.78 is 26.8. The minimum atomic E-state index is -3.46. The summed E-state index contributed by atoms with van der Waals surface area (Å²) in [4.78, 5) is 0.199. The molecule has 110 valence electrons. The molecule has 0 amide bonds. The van der Waals surface area contributed by atoms with Gasteiger partial charge in [0, 0.05) is 26.2 Å². The molecule has 1 heterocycles. The zero-order valence-corrected chi connectivity index (χ0v) is 12.8. The van der Waals surface area contributed by atoms with Gasteiger partial charge in [-0.2, -0.15) is 5.26 Å². The van der Waals surface area contributed by atoms with Crippen LogP contribution in [0.5, 0.6) is 0 Å². The van der Waals surface area contributed by atoms with Gasteiger partial charge in [0.2, 0.25) is 10.0 Å². The average Bonchev–Trinajstić information content (AvgIpc) is 2.90.